The number of amides is 1. The summed E-state index contributed by atoms with van der Waals surface area (Å²) in [4.78, 5) is 16.2. The zero-order valence-electron chi connectivity index (χ0n) is 10.3. The Bertz CT molecular complexity index is 785. The van der Waals surface area contributed by atoms with Gasteiger partial charge >= 0.3 is 0 Å². The molecular weight excluding hydrogens is 424 g/mol. The van der Waals surface area contributed by atoms with E-state index in [1.165, 1.54) is 23.5 Å². The molecule has 0 bridgehead atoms. The first-order chi connectivity index (χ1) is 10.1. The minimum Gasteiger partial charge on any atom is -0.297 e. The Hall–Kier alpha value is -1.39. The molecule has 0 aliphatic rings. The van der Waals surface area contributed by atoms with Crippen LogP contribution >= 0.6 is 45.5 Å². The molecule has 0 unspecified atom stereocenters. The molecule has 3 rings (SSSR count). The lowest BCUT2D eigenvalue weighted by molar-refractivity contribution is 0.102. The maximum Gasteiger partial charge on any atom is 0.258 e. The van der Waals surface area contributed by atoms with Crippen molar-refractivity contribution >= 4 is 56.5 Å². The van der Waals surface area contributed by atoms with Crippen LogP contribution in [0.3, 0.4) is 0 Å². The molecule has 8 heteroatoms. The van der Waals surface area contributed by atoms with Gasteiger partial charge in [-0.25, -0.2) is 4.39 Å². The Labute approximate surface area is 141 Å². The molecule has 4 nitrogen and oxygen atoms in total. The van der Waals surface area contributed by atoms with Crippen molar-refractivity contribution in [1.29, 1.82) is 0 Å². The van der Waals surface area contributed by atoms with Gasteiger partial charge < -0.3 is 0 Å². The summed E-state index contributed by atoms with van der Waals surface area (Å²) in [6, 6.07) is 7.71. The third-order valence-corrected chi connectivity index (χ3v) is 5.00. The number of nitrogens with zero attached hydrogens (tertiary/aromatic N) is 2. The highest BCUT2D eigenvalue weighted by molar-refractivity contribution is 14.1. The van der Waals surface area contributed by atoms with Gasteiger partial charge in [0.2, 0.25) is 5.13 Å². The molecule has 0 aliphatic carbocycles. The molecule has 3 aromatic rings. The fourth-order valence-corrected chi connectivity index (χ4v) is 3.50. The fraction of sp³-hybridized carbons (Fsp3) is 0. The molecule has 0 aliphatic heterocycles. The molecule has 1 amide bonds. The average Bonchev–Trinajstić information content (AvgIpc) is 3.09. The minimum absolute atomic E-state index is 0.212. The Morgan fingerprint density at radius 3 is 2.71 bits per heavy atom. The van der Waals surface area contributed by atoms with E-state index in [0.29, 0.717) is 22.1 Å². The van der Waals surface area contributed by atoms with Crippen molar-refractivity contribution in [3.05, 3.63) is 50.0 Å². The van der Waals surface area contributed by atoms with Crippen molar-refractivity contribution in [2.24, 2.45) is 0 Å². The first-order valence-corrected chi connectivity index (χ1v) is 8.50. The van der Waals surface area contributed by atoms with Crippen LogP contribution in [0.15, 0.2) is 35.7 Å². The Morgan fingerprint density at radius 1 is 1.29 bits per heavy atom. The Kier molecular flexibility index (Phi) is 4.27. The van der Waals surface area contributed by atoms with E-state index < -0.39 is 0 Å². The Morgan fingerprint density at radius 2 is 2.05 bits per heavy atom. The highest BCUT2D eigenvalue weighted by Crippen LogP contribution is 2.23. The molecule has 0 spiro atoms. The topological polar surface area (TPSA) is 54.9 Å². The number of aromatic nitrogens is 2. The molecule has 0 radical (unpaired) electrons. The lowest BCUT2D eigenvalue weighted by Gasteiger charge is -1.97. The monoisotopic (exact) mass is 431 g/mol. The van der Waals surface area contributed by atoms with Crippen molar-refractivity contribution in [2.75, 3.05) is 5.32 Å². The van der Waals surface area contributed by atoms with Gasteiger partial charge in [0.05, 0.1) is 8.45 Å². The van der Waals surface area contributed by atoms with E-state index in [2.05, 4.69) is 37.3 Å². The summed E-state index contributed by atoms with van der Waals surface area (Å²) in [5.74, 6) is -0.0549. The van der Waals surface area contributed by atoms with Gasteiger partial charge in [-0.2, -0.15) is 9.36 Å². The molecule has 21 heavy (non-hydrogen) atoms. The van der Waals surface area contributed by atoms with Crippen LogP contribution in [-0.4, -0.2) is 15.3 Å². The van der Waals surface area contributed by atoms with Gasteiger partial charge in [-0.15, -0.1) is 11.3 Å². The third-order valence-electron chi connectivity index (χ3n) is 2.58. The van der Waals surface area contributed by atoms with Crippen molar-refractivity contribution in [3.8, 4) is 11.4 Å². The van der Waals surface area contributed by atoms with Crippen LogP contribution in [0.5, 0.6) is 0 Å². The van der Waals surface area contributed by atoms with Crippen molar-refractivity contribution in [1.82, 2.24) is 9.36 Å². The van der Waals surface area contributed by atoms with Gasteiger partial charge in [-0.1, -0.05) is 0 Å². The molecule has 1 aromatic carbocycles. The number of thiophene rings is 1. The molecule has 0 fully saturated rings. The predicted octanol–water partition coefficient (Wildman–Crippen LogP) is 4.26. The number of benzene rings is 1. The minimum atomic E-state index is -0.311. The van der Waals surface area contributed by atoms with Gasteiger partial charge in [-0.3, -0.25) is 10.1 Å². The number of carbonyl (C=O) groups excluding carboxylic acids is 1. The van der Waals surface area contributed by atoms with E-state index in [0.717, 1.165) is 14.4 Å². The molecule has 0 saturated carbocycles. The second-order valence-electron chi connectivity index (χ2n) is 4.02. The first-order valence-electron chi connectivity index (χ1n) is 5.77. The summed E-state index contributed by atoms with van der Waals surface area (Å²) in [7, 11) is 0. The average molecular weight is 431 g/mol. The standard InChI is InChI=1S/C13H7FIN3OS2/c14-9-3-1-7(2-4-9)11-16-13(21-18-11)17-12(19)8-5-10(15)20-6-8/h1-6H,(H,16,17,18,19). The highest BCUT2D eigenvalue weighted by atomic mass is 127. The molecule has 2 heterocycles. The summed E-state index contributed by atoms with van der Waals surface area (Å²) >= 11 is 4.76. The molecule has 0 saturated heterocycles. The molecule has 106 valence electrons. The third kappa shape index (κ3) is 3.44. The largest absolute Gasteiger partial charge is 0.297 e. The van der Waals surface area contributed by atoms with Crippen LogP contribution in [0, 0.1) is 8.70 Å². The fourth-order valence-electron chi connectivity index (χ4n) is 1.59. The number of halogens is 2. The van der Waals surface area contributed by atoms with E-state index >= 15 is 0 Å². The summed E-state index contributed by atoms with van der Waals surface area (Å²) in [6.07, 6.45) is 0. The SMILES string of the molecule is O=C(Nc1nc(-c2ccc(F)cc2)ns1)c1csc(I)c1. The van der Waals surface area contributed by atoms with E-state index in [1.54, 1.807) is 17.5 Å². The summed E-state index contributed by atoms with van der Waals surface area (Å²) < 4.78 is 18.1. The molecular formula is C13H7FIN3OS2. The van der Waals surface area contributed by atoms with Crippen LogP contribution in [-0.2, 0) is 0 Å². The number of rotatable bonds is 3. The number of hydrogen-bond donors (Lipinski definition) is 1. The van der Waals surface area contributed by atoms with Crippen LogP contribution in [0.4, 0.5) is 9.52 Å². The zero-order valence-corrected chi connectivity index (χ0v) is 14.1. The van der Waals surface area contributed by atoms with Gasteiger partial charge in [0, 0.05) is 22.5 Å². The van der Waals surface area contributed by atoms with Crippen LogP contribution in [0.1, 0.15) is 10.4 Å². The lowest BCUT2D eigenvalue weighted by atomic mass is 10.2. The van der Waals surface area contributed by atoms with Crippen LogP contribution in [0.2, 0.25) is 0 Å². The maximum absolute atomic E-state index is 12.9. The van der Waals surface area contributed by atoms with Gasteiger partial charge in [0.1, 0.15) is 5.82 Å². The van der Waals surface area contributed by atoms with E-state index in [1.807, 2.05) is 6.07 Å². The lowest BCUT2D eigenvalue weighted by Crippen LogP contribution is -2.10. The predicted molar refractivity (Wildman–Crippen MR) is 90.3 cm³/mol. The van der Waals surface area contributed by atoms with Crippen LogP contribution in [0.25, 0.3) is 11.4 Å². The summed E-state index contributed by atoms with van der Waals surface area (Å²) in [6.45, 7) is 0. The van der Waals surface area contributed by atoms with Crippen LogP contribution < -0.4 is 5.32 Å². The molecule has 2 aromatic heterocycles. The summed E-state index contributed by atoms with van der Waals surface area (Å²) in [5.41, 5.74) is 1.31. The van der Waals surface area contributed by atoms with Crippen molar-refractivity contribution in [2.45, 2.75) is 0 Å². The zero-order chi connectivity index (χ0) is 14.8. The summed E-state index contributed by atoms with van der Waals surface area (Å²) in [5, 5.41) is 4.92. The Balaban J connectivity index is 1.76. The maximum atomic E-state index is 12.9. The second-order valence-corrected chi connectivity index (χ2v) is 7.58. The van der Waals surface area contributed by atoms with Gasteiger partial charge in [-0.05, 0) is 52.9 Å². The molecule has 0 atom stereocenters. The second kappa shape index (κ2) is 6.16. The number of anilines is 1. The smallest absolute Gasteiger partial charge is 0.258 e. The first kappa shape index (κ1) is 14.5. The van der Waals surface area contributed by atoms with Gasteiger partial charge in [0.15, 0.2) is 5.82 Å². The van der Waals surface area contributed by atoms with Crippen molar-refractivity contribution in [3.63, 3.8) is 0 Å². The normalized spacial score (nSPS) is 10.6. The van der Waals surface area contributed by atoms with E-state index in [9.17, 15) is 9.18 Å². The van der Waals surface area contributed by atoms with Crippen molar-refractivity contribution < 1.29 is 9.18 Å². The quantitative estimate of drug-likeness (QED) is 0.631. The highest BCUT2D eigenvalue weighted by Gasteiger charge is 2.12. The number of carbonyl (C=O) groups is 1. The van der Waals surface area contributed by atoms with E-state index in [-0.39, 0.29) is 11.7 Å². The number of nitrogens with one attached hydrogen (secondary N) is 1. The van der Waals surface area contributed by atoms with E-state index in [4.69, 9.17) is 0 Å². The van der Waals surface area contributed by atoms with Gasteiger partial charge in [0.25, 0.3) is 5.91 Å². The number of hydrogen-bond acceptors (Lipinski definition) is 5. The molecule has 1 N–H and O–H groups in total.